The molecule has 0 atom stereocenters. The van der Waals surface area contributed by atoms with E-state index in [9.17, 15) is 4.79 Å². The van der Waals surface area contributed by atoms with Crippen LogP contribution in [0.15, 0.2) is 59.7 Å². The predicted octanol–water partition coefficient (Wildman–Crippen LogP) is 3.49. The highest BCUT2D eigenvalue weighted by molar-refractivity contribution is 6.03. The van der Waals surface area contributed by atoms with Crippen molar-refractivity contribution in [1.82, 2.24) is 5.43 Å². The standard InChI is InChI=1S/C18H20N2O2/c1-13(2)17(14-9-11-16(22-3)12-10-14)19-20-18(21)15-7-5-4-6-8-15/h4-13H,1-3H3,(H,20,21)/b19-17+. The lowest BCUT2D eigenvalue weighted by Crippen LogP contribution is -2.22. The highest BCUT2D eigenvalue weighted by Gasteiger charge is 2.10. The van der Waals surface area contributed by atoms with E-state index >= 15 is 0 Å². The fourth-order valence-electron chi connectivity index (χ4n) is 2.05. The SMILES string of the molecule is COc1ccc(/C(=N/NC(=O)c2ccccc2)C(C)C)cc1. The lowest BCUT2D eigenvalue weighted by atomic mass is 10.0. The number of amides is 1. The van der Waals surface area contributed by atoms with E-state index in [0.29, 0.717) is 5.56 Å². The van der Waals surface area contributed by atoms with E-state index in [-0.39, 0.29) is 11.8 Å². The first-order valence-corrected chi connectivity index (χ1v) is 7.19. The molecule has 0 saturated carbocycles. The Morgan fingerprint density at radius 1 is 1.00 bits per heavy atom. The van der Waals surface area contributed by atoms with Gasteiger partial charge in [0.25, 0.3) is 5.91 Å². The number of ether oxygens (including phenoxy) is 1. The van der Waals surface area contributed by atoms with Gasteiger partial charge in [-0.2, -0.15) is 5.10 Å². The highest BCUT2D eigenvalue weighted by atomic mass is 16.5. The molecule has 0 radical (unpaired) electrons. The van der Waals surface area contributed by atoms with Crippen LogP contribution in [0.25, 0.3) is 0 Å². The lowest BCUT2D eigenvalue weighted by molar-refractivity contribution is 0.0954. The summed E-state index contributed by atoms with van der Waals surface area (Å²) in [6.07, 6.45) is 0. The van der Waals surface area contributed by atoms with Crippen LogP contribution in [-0.2, 0) is 0 Å². The Morgan fingerprint density at radius 2 is 1.64 bits per heavy atom. The number of hydrazone groups is 1. The maximum absolute atomic E-state index is 12.1. The summed E-state index contributed by atoms with van der Waals surface area (Å²) in [4.78, 5) is 12.1. The first-order valence-electron chi connectivity index (χ1n) is 7.19. The molecule has 0 spiro atoms. The van der Waals surface area contributed by atoms with E-state index in [1.165, 1.54) is 0 Å². The number of methoxy groups -OCH3 is 1. The Balaban J connectivity index is 2.18. The average molecular weight is 296 g/mol. The maximum atomic E-state index is 12.1. The lowest BCUT2D eigenvalue weighted by Gasteiger charge is -2.11. The molecule has 0 heterocycles. The molecule has 0 aliphatic rings. The zero-order valence-electron chi connectivity index (χ0n) is 13.0. The topological polar surface area (TPSA) is 50.7 Å². The highest BCUT2D eigenvalue weighted by Crippen LogP contribution is 2.15. The van der Waals surface area contributed by atoms with Crippen molar-refractivity contribution in [3.8, 4) is 5.75 Å². The third kappa shape index (κ3) is 3.95. The summed E-state index contributed by atoms with van der Waals surface area (Å²) < 4.78 is 5.16. The number of benzene rings is 2. The minimum atomic E-state index is -0.215. The molecule has 0 aromatic heterocycles. The van der Waals surface area contributed by atoms with Crippen molar-refractivity contribution in [2.24, 2.45) is 11.0 Å². The Bertz CT molecular complexity index is 647. The Morgan fingerprint density at radius 3 is 2.18 bits per heavy atom. The van der Waals surface area contributed by atoms with Gasteiger partial charge in [0.05, 0.1) is 12.8 Å². The van der Waals surface area contributed by atoms with E-state index in [2.05, 4.69) is 10.5 Å². The van der Waals surface area contributed by atoms with E-state index in [4.69, 9.17) is 4.74 Å². The van der Waals surface area contributed by atoms with Gasteiger partial charge >= 0.3 is 0 Å². The van der Waals surface area contributed by atoms with Gasteiger partial charge in [0.1, 0.15) is 5.75 Å². The van der Waals surface area contributed by atoms with E-state index in [1.807, 2.05) is 56.3 Å². The van der Waals surface area contributed by atoms with Gasteiger partial charge in [-0.15, -0.1) is 0 Å². The van der Waals surface area contributed by atoms with Crippen LogP contribution >= 0.6 is 0 Å². The number of nitrogens with one attached hydrogen (secondary N) is 1. The fourth-order valence-corrected chi connectivity index (χ4v) is 2.05. The number of carbonyl (C=O) groups is 1. The first-order chi connectivity index (χ1) is 10.6. The van der Waals surface area contributed by atoms with E-state index in [1.54, 1.807) is 19.2 Å². The summed E-state index contributed by atoms with van der Waals surface area (Å²) in [7, 11) is 1.63. The van der Waals surface area contributed by atoms with Gasteiger partial charge < -0.3 is 4.74 Å². The molecular formula is C18H20N2O2. The van der Waals surface area contributed by atoms with Gasteiger partial charge in [0.15, 0.2) is 0 Å². The normalized spacial score (nSPS) is 11.4. The van der Waals surface area contributed by atoms with Gasteiger partial charge in [-0.05, 0) is 47.9 Å². The first kappa shape index (κ1) is 15.8. The summed E-state index contributed by atoms with van der Waals surface area (Å²) in [6, 6.07) is 16.7. The van der Waals surface area contributed by atoms with Crippen LogP contribution in [0.2, 0.25) is 0 Å². The molecule has 0 unspecified atom stereocenters. The van der Waals surface area contributed by atoms with Crippen LogP contribution in [-0.4, -0.2) is 18.7 Å². The Labute approximate surface area is 130 Å². The second-order valence-corrected chi connectivity index (χ2v) is 5.19. The molecule has 0 fully saturated rings. The number of nitrogens with zero attached hydrogens (tertiary/aromatic N) is 1. The van der Waals surface area contributed by atoms with Gasteiger partial charge in [0, 0.05) is 5.56 Å². The fraction of sp³-hybridized carbons (Fsp3) is 0.222. The number of carbonyl (C=O) groups excluding carboxylic acids is 1. The van der Waals surface area contributed by atoms with Gasteiger partial charge in [-0.3, -0.25) is 4.79 Å². The molecule has 114 valence electrons. The quantitative estimate of drug-likeness (QED) is 0.678. The summed E-state index contributed by atoms with van der Waals surface area (Å²) >= 11 is 0. The van der Waals surface area contributed by atoms with E-state index < -0.39 is 0 Å². The second kappa shape index (κ2) is 7.41. The molecule has 1 N–H and O–H groups in total. The molecule has 0 saturated heterocycles. The zero-order valence-corrected chi connectivity index (χ0v) is 13.0. The summed E-state index contributed by atoms with van der Waals surface area (Å²) in [5.74, 6) is 0.761. The molecule has 2 rings (SSSR count). The van der Waals surface area contributed by atoms with Gasteiger partial charge in [-0.25, -0.2) is 5.43 Å². The van der Waals surface area contributed by atoms with Crippen molar-refractivity contribution in [1.29, 1.82) is 0 Å². The monoisotopic (exact) mass is 296 g/mol. The van der Waals surface area contributed by atoms with Crippen molar-refractivity contribution >= 4 is 11.6 Å². The number of rotatable bonds is 5. The van der Waals surface area contributed by atoms with Gasteiger partial charge in [-0.1, -0.05) is 32.0 Å². The number of hydrogen-bond donors (Lipinski definition) is 1. The molecule has 4 nitrogen and oxygen atoms in total. The van der Waals surface area contributed by atoms with Crippen molar-refractivity contribution in [3.63, 3.8) is 0 Å². The zero-order chi connectivity index (χ0) is 15.9. The maximum Gasteiger partial charge on any atom is 0.271 e. The molecule has 1 amide bonds. The van der Waals surface area contributed by atoms with Gasteiger partial charge in [0.2, 0.25) is 0 Å². The molecule has 0 aliphatic carbocycles. The summed E-state index contributed by atoms with van der Waals surface area (Å²) in [5.41, 5.74) is 5.00. The van der Waals surface area contributed by atoms with Crippen molar-refractivity contribution in [3.05, 3.63) is 65.7 Å². The van der Waals surface area contributed by atoms with Crippen molar-refractivity contribution in [2.45, 2.75) is 13.8 Å². The molecule has 0 bridgehead atoms. The Hall–Kier alpha value is -2.62. The van der Waals surface area contributed by atoms with Crippen molar-refractivity contribution in [2.75, 3.05) is 7.11 Å². The second-order valence-electron chi connectivity index (χ2n) is 5.19. The smallest absolute Gasteiger partial charge is 0.271 e. The molecular weight excluding hydrogens is 276 g/mol. The van der Waals surface area contributed by atoms with Crippen LogP contribution < -0.4 is 10.2 Å². The van der Waals surface area contributed by atoms with Crippen LogP contribution in [0.4, 0.5) is 0 Å². The summed E-state index contributed by atoms with van der Waals surface area (Å²) in [6.45, 7) is 4.08. The summed E-state index contributed by atoms with van der Waals surface area (Å²) in [5, 5.41) is 4.30. The van der Waals surface area contributed by atoms with Crippen LogP contribution in [0.3, 0.4) is 0 Å². The minimum absolute atomic E-state index is 0.185. The molecule has 22 heavy (non-hydrogen) atoms. The molecule has 0 aliphatic heterocycles. The molecule has 2 aromatic rings. The largest absolute Gasteiger partial charge is 0.497 e. The van der Waals surface area contributed by atoms with Crippen LogP contribution in [0.5, 0.6) is 5.75 Å². The third-order valence-electron chi connectivity index (χ3n) is 3.25. The average Bonchev–Trinajstić information content (AvgIpc) is 2.56. The van der Waals surface area contributed by atoms with Crippen LogP contribution in [0, 0.1) is 5.92 Å². The van der Waals surface area contributed by atoms with Crippen LogP contribution in [0.1, 0.15) is 29.8 Å². The van der Waals surface area contributed by atoms with E-state index in [0.717, 1.165) is 17.0 Å². The molecule has 4 heteroatoms. The third-order valence-corrected chi connectivity index (χ3v) is 3.25. The predicted molar refractivity (Wildman–Crippen MR) is 88.3 cm³/mol. The van der Waals surface area contributed by atoms with Crippen molar-refractivity contribution < 1.29 is 9.53 Å². The molecule has 2 aromatic carbocycles. The Kier molecular flexibility index (Phi) is 5.31. The number of hydrogen-bond acceptors (Lipinski definition) is 3. The minimum Gasteiger partial charge on any atom is -0.497 e.